The van der Waals surface area contributed by atoms with Gasteiger partial charge in [-0.05, 0) is 23.5 Å². The van der Waals surface area contributed by atoms with Crippen molar-refractivity contribution in [1.82, 2.24) is 5.32 Å². The van der Waals surface area contributed by atoms with Gasteiger partial charge in [0.15, 0.2) is 5.96 Å². The number of rotatable bonds is 4. The molecule has 3 nitrogen and oxygen atoms in total. The van der Waals surface area contributed by atoms with E-state index in [0.717, 1.165) is 13.0 Å². The Kier molecular flexibility index (Phi) is 4.16. The van der Waals surface area contributed by atoms with Crippen LogP contribution in [0, 0.1) is 5.41 Å². The predicted molar refractivity (Wildman–Crippen MR) is 64.2 cm³/mol. The van der Waals surface area contributed by atoms with E-state index in [1.165, 1.54) is 11.1 Å². The van der Waals surface area contributed by atoms with Crippen molar-refractivity contribution in [3.05, 3.63) is 35.4 Å². The molecule has 0 fully saturated rings. The summed E-state index contributed by atoms with van der Waals surface area (Å²) in [7, 11) is 0. The van der Waals surface area contributed by atoms with Gasteiger partial charge in [0.05, 0.1) is 0 Å². The Morgan fingerprint density at radius 2 is 1.93 bits per heavy atom. The van der Waals surface area contributed by atoms with Crippen LogP contribution < -0.4 is 11.1 Å². The van der Waals surface area contributed by atoms with Crippen LogP contribution >= 0.6 is 0 Å². The third-order valence-corrected chi connectivity index (χ3v) is 2.38. The van der Waals surface area contributed by atoms with Crippen molar-refractivity contribution in [2.24, 2.45) is 5.73 Å². The number of nitrogens with one attached hydrogen (secondary N) is 2. The fourth-order valence-corrected chi connectivity index (χ4v) is 1.41. The highest BCUT2D eigenvalue weighted by Crippen LogP contribution is 2.14. The molecule has 0 radical (unpaired) electrons. The normalized spacial score (nSPS) is 10.3. The lowest BCUT2D eigenvalue weighted by molar-refractivity contribution is 0.844. The Balaban J connectivity index is 2.46. The second-order valence-corrected chi connectivity index (χ2v) is 3.99. The topological polar surface area (TPSA) is 61.9 Å². The standard InChI is InChI=1S/C12H19N3/c1-9(2)11-5-3-10(4-6-11)7-8-15-12(13)14/h3-6,9H,7-8H2,1-2H3,(H4,13,14,15). The molecule has 3 heteroatoms. The minimum atomic E-state index is 0.0359. The summed E-state index contributed by atoms with van der Waals surface area (Å²) in [5.41, 5.74) is 7.82. The molecule has 0 heterocycles. The highest BCUT2D eigenvalue weighted by molar-refractivity contribution is 5.74. The van der Waals surface area contributed by atoms with Gasteiger partial charge in [-0.15, -0.1) is 0 Å². The maximum atomic E-state index is 7.02. The summed E-state index contributed by atoms with van der Waals surface area (Å²) < 4.78 is 0. The minimum absolute atomic E-state index is 0.0359. The van der Waals surface area contributed by atoms with Gasteiger partial charge in [-0.1, -0.05) is 38.1 Å². The smallest absolute Gasteiger partial charge is 0.185 e. The maximum absolute atomic E-state index is 7.02. The molecule has 0 bridgehead atoms. The first-order valence-electron chi connectivity index (χ1n) is 5.26. The first-order chi connectivity index (χ1) is 7.09. The van der Waals surface area contributed by atoms with Crippen molar-refractivity contribution in [2.45, 2.75) is 26.2 Å². The monoisotopic (exact) mass is 205 g/mol. The van der Waals surface area contributed by atoms with Crippen LogP contribution in [0.2, 0.25) is 0 Å². The molecule has 1 aromatic carbocycles. The van der Waals surface area contributed by atoms with Crippen LogP contribution in [-0.2, 0) is 6.42 Å². The van der Waals surface area contributed by atoms with Crippen LogP contribution in [0.4, 0.5) is 0 Å². The molecule has 0 aromatic heterocycles. The average molecular weight is 205 g/mol. The number of nitrogens with two attached hydrogens (primary N) is 1. The summed E-state index contributed by atoms with van der Waals surface area (Å²) in [5.74, 6) is 0.614. The minimum Gasteiger partial charge on any atom is -0.370 e. The van der Waals surface area contributed by atoms with Gasteiger partial charge in [0.25, 0.3) is 0 Å². The largest absolute Gasteiger partial charge is 0.370 e. The van der Waals surface area contributed by atoms with E-state index in [9.17, 15) is 0 Å². The number of hydrogen-bond donors (Lipinski definition) is 3. The van der Waals surface area contributed by atoms with E-state index < -0.39 is 0 Å². The molecule has 4 N–H and O–H groups in total. The highest BCUT2D eigenvalue weighted by Gasteiger charge is 1.98. The highest BCUT2D eigenvalue weighted by atomic mass is 15.0. The average Bonchev–Trinajstić information content (AvgIpc) is 2.18. The van der Waals surface area contributed by atoms with E-state index >= 15 is 0 Å². The van der Waals surface area contributed by atoms with Crippen molar-refractivity contribution in [1.29, 1.82) is 5.41 Å². The van der Waals surface area contributed by atoms with E-state index in [0.29, 0.717) is 5.92 Å². The molecule has 82 valence electrons. The fraction of sp³-hybridized carbons (Fsp3) is 0.417. The maximum Gasteiger partial charge on any atom is 0.185 e. The van der Waals surface area contributed by atoms with Gasteiger partial charge >= 0.3 is 0 Å². The Hall–Kier alpha value is -1.51. The van der Waals surface area contributed by atoms with Crippen LogP contribution in [-0.4, -0.2) is 12.5 Å². The first-order valence-corrected chi connectivity index (χ1v) is 5.26. The lowest BCUT2D eigenvalue weighted by Crippen LogP contribution is -2.31. The lowest BCUT2D eigenvalue weighted by Gasteiger charge is -2.07. The third-order valence-electron chi connectivity index (χ3n) is 2.38. The molecule has 0 spiro atoms. The van der Waals surface area contributed by atoms with E-state index in [2.05, 4.69) is 43.4 Å². The van der Waals surface area contributed by atoms with Crippen LogP contribution in [0.3, 0.4) is 0 Å². The van der Waals surface area contributed by atoms with Crippen LogP contribution in [0.5, 0.6) is 0 Å². The number of hydrogen-bond acceptors (Lipinski definition) is 1. The zero-order valence-electron chi connectivity index (χ0n) is 9.38. The summed E-state index contributed by atoms with van der Waals surface area (Å²) in [6.45, 7) is 5.09. The SMILES string of the molecule is CC(C)c1ccc(CCNC(=N)N)cc1. The summed E-state index contributed by atoms with van der Waals surface area (Å²) in [6.07, 6.45) is 0.901. The van der Waals surface area contributed by atoms with E-state index in [1.807, 2.05) is 0 Å². The van der Waals surface area contributed by atoms with Crippen molar-refractivity contribution in [3.8, 4) is 0 Å². The van der Waals surface area contributed by atoms with Gasteiger partial charge in [-0.25, -0.2) is 0 Å². The van der Waals surface area contributed by atoms with E-state index in [1.54, 1.807) is 0 Å². The van der Waals surface area contributed by atoms with E-state index in [4.69, 9.17) is 11.1 Å². The molecule has 0 saturated heterocycles. The van der Waals surface area contributed by atoms with Gasteiger partial charge in [0.1, 0.15) is 0 Å². The first kappa shape index (κ1) is 11.6. The van der Waals surface area contributed by atoms with Gasteiger partial charge in [0, 0.05) is 6.54 Å². The van der Waals surface area contributed by atoms with Crippen molar-refractivity contribution in [3.63, 3.8) is 0 Å². The van der Waals surface area contributed by atoms with Gasteiger partial charge in [-0.3, -0.25) is 5.41 Å². The van der Waals surface area contributed by atoms with Crippen LogP contribution in [0.1, 0.15) is 30.9 Å². The molecule has 0 aliphatic rings. The molecule has 0 unspecified atom stereocenters. The zero-order valence-corrected chi connectivity index (χ0v) is 9.38. The number of benzene rings is 1. The lowest BCUT2D eigenvalue weighted by atomic mass is 10.0. The zero-order chi connectivity index (χ0) is 11.3. The molecule has 15 heavy (non-hydrogen) atoms. The Morgan fingerprint density at radius 3 is 2.40 bits per heavy atom. The Labute approximate surface area is 91.2 Å². The van der Waals surface area contributed by atoms with Gasteiger partial charge in [0.2, 0.25) is 0 Å². The molecule has 0 aliphatic carbocycles. The predicted octanol–water partition coefficient (Wildman–Crippen LogP) is 1.84. The van der Waals surface area contributed by atoms with E-state index in [-0.39, 0.29) is 5.96 Å². The quantitative estimate of drug-likeness (QED) is 0.519. The van der Waals surface area contributed by atoms with Crippen molar-refractivity contribution < 1.29 is 0 Å². The third kappa shape index (κ3) is 4.02. The summed E-state index contributed by atoms with van der Waals surface area (Å²) >= 11 is 0. The second-order valence-electron chi connectivity index (χ2n) is 3.99. The summed E-state index contributed by atoms with van der Waals surface area (Å²) in [6, 6.07) is 8.59. The van der Waals surface area contributed by atoms with Crippen molar-refractivity contribution >= 4 is 5.96 Å². The Morgan fingerprint density at radius 1 is 1.33 bits per heavy atom. The molecule has 0 saturated carbocycles. The summed E-state index contributed by atoms with van der Waals surface area (Å²) in [5, 5.41) is 9.81. The molecule has 1 aromatic rings. The fourth-order valence-electron chi connectivity index (χ4n) is 1.41. The molecule has 0 atom stereocenters. The summed E-state index contributed by atoms with van der Waals surface area (Å²) in [4.78, 5) is 0. The van der Waals surface area contributed by atoms with Crippen LogP contribution in [0.15, 0.2) is 24.3 Å². The second kappa shape index (κ2) is 5.39. The van der Waals surface area contributed by atoms with Crippen molar-refractivity contribution in [2.75, 3.05) is 6.54 Å². The molecule has 0 amide bonds. The molecular weight excluding hydrogens is 186 g/mol. The molecule has 0 aliphatic heterocycles. The Bertz CT molecular complexity index is 314. The number of guanidine groups is 1. The molecule has 1 rings (SSSR count). The molecular formula is C12H19N3. The van der Waals surface area contributed by atoms with Gasteiger partial charge in [-0.2, -0.15) is 0 Å². The van der Waals surface area contributed by atoms with Crippen LogP contribution in [0.25, 0.3) is 0 Å². The van der Waals surface area contributed by atoms with Gasteiger partial charge < -0.3 is 11.1 Å².